The SMILES string of the molecule is O=C(O)COC1CN(C(=O)c2nc(NC(=O)OCC3c4ccccc4-c4ccccc43)n[nH]2)C1. The van der Waals surface area contributed by atoms with Gasteiger partial charge in [0.1, 0.15) is 13.2 Å². The van der Waals surface area contributed by atoms with Gasteiger partial charge in [-0.3, -0.25) is 15.2 Å². The third-order valence-electron chi connectivity index (χ3n) is 5.82. The minimum absolute atomic E-state index is 0.0503. The highest BCUT2D eigenvalue weighted by atomic mass is 16.5. The van der Waals surface area contributed by atoms with Crippen LogP contribution in [0.1, 0.15) is 27.7 Å². The maximum atomic E-state index is 12.4. The van der Waals surface area contributed by atoms with E-state index in [2.05, 4.69) is 32.6 Å². The average molecular weight is 463 g/mol. The Kier molecular flexibility index (Phi) is 5.68. The number of carboxylic acid groups (broad SMARTS) is 1. The van der Waals surface area contributed by atoms with Gasteiger partial charge in [-0.2, -0.15) is 4.98 Å². The molecule has 2 amide bonds. The second-order valence-corrected chi connectivity index (χ2v) is 8.00. The molecule has 5 rings (SSSR count). The van der Waals surface area contributed by atoms with Crippen LogP contribution in [0.2, 0.25) is 0 Å². The van der Waals surface area contributed by atoms with E-state index in [4.69, 9.17) is 14.6 Å². The van der Waals surface area contributed by atoms with E-state index in [1.54, 1.807) is 0 Å². The van der Waals surface area contributed by atoms with Crippen molar-refractivity contribution in [2.75, 3.05) is 31.6 Å². The Balaban J connectivity index is 1.15. The Morgan fingerprint density at radius 2 is 1.71 bits per heavy atom. The zero-order valence-corrected chi connectivity index (χ0v) is 17.9. The fourth-order valence-electron chi connectivity index (χ4n) is 4.19. The number of aliphatic carboxylic acids is 1. The lowest BCUT2D eigenvalue weighted by Gasteiger charge is -2.37. The molecule has 0 bridgehead atoms. The van der Waals surface area contributed by atoms with Crippen LogP contribution >= 0.6 is 0 Å². The van der Waals surface area contributed by atoms with Crippen LogP contribution in [0, 0.1) is 0 Å². The van der Waals surface area contributed by atoms with Crippen LogP contribution in [0.3, 0.4) is 0 Å². The second-order valence-electron chi connectivity index (χ2n) is 8.00. The minimum atomic E-state index is -1.07. The molecular weight excluding hydrogens is 442 g/mol. The molecule has 1 fully saturated rings. The van der Waals surface area contributed by atoms with E-state index in [1.807, 2.05) is 36.4 Å². The number of carbonyl (C=O) groups is 3. The molecule has 11 nitrogen and oxygen atoms in total. The third kappa shape index (κ3) is 4.20. The van der Waals surface area contributed by atoms with Crippen LogP contribution < -0.4 is 5.32 Å². The van der Waals surface area contributed by atoms with Crippen molar-refractivity contribution in [3.05, 3.63) is 65.5 Å². The highest BCUT2D eigenvalue weighted by Crippen LogP contribution is 2.44. The van der Waals surface area contributed by atoms with Gasteiger partial charge in [-0.25, -0.2) is 9.59 Å². The summed E-state index contributed by atoms with van der Waals surface area (Å²) in [5.74, 6) is -1.71. The number of likely N-dealkylation sites (tertiary alicyclic amines) is 1. The van der Waals surface area contributed by atoms with E-state index in [1.165, 1.54) is 4.90 Å². The van der Waals surface area contributed by atoms with Crippen molar-refractivity contribution < 1.29 is 29.0 Å². The van der Waals surface area contributed by atoms with Gasteiger partial charge < -0.3 is 19.5 Å². The van der Waals surface area contributed by atoms with Gasteiger partial charge in [0.2, 0.25) is 5.82 Å². The number of aromatic amines is 1. The molecule has 11 heteroatoms. The number of hydrogen-bond donors (Lipinski definition) is 3. The Bertz CT molecular complexity index is 1210. The average Bonchev–Trinajstić information content (AvgIpc) is 3.39. The molecule has 1 aromatic heterocycles. The molecule has 34 heavy (non-hydrogen) atoms. The van der Waals surface area contributed by atoms with Gasteiger partial charge in [0.05, 0.1) is 6.10 Å². The topological polar surface area (TPSA) is 147 Å². The van der Waals surface area contributed by atoms with Crippen molar-refractivity contribution in [1.82, 2.24) is 20.1 Å². The molecule has 0 atom stereocenters. The summed E-state index contributed by atoms with van der Waals surface area (Å²) in [5.41, 5.74) is 4.46. The molecule has 0 saturated carbocycles. The van der Waals surface area contributed by atoms with Crippen molar-refractivity contribution in [3.8, 4) is 11.1 Å². The van der Waals surface area contributed by atoms with Crippen LogP contribution in [0.15, 0.2) is 48.5 Å². The lowest BCUT2D eigenvalue weighted by molar-refractivity contribution is -0.147. The van der Waals surface area contributed by atoms with E-state index in [9.17, 15) is 14.4 Å². The van der Waals surface area contributed by atoms with Gasteiger partial charge in [-0.1, -0.05) is 48.5 Å². The first-order valence-corrected chi connectivity index (χ1v) is 10.7. The van der Waals surface area contributed by atoms with Gasteiger partial charge in [0.25, 0.3) is 11.9 Å². The van der Waals surface area contributed by atoms with Crippen LogP contribution in [0.5, 0.6) is 0 Å². The van der Waals surface area contributed by atoms with Gasteiger partial charge in [-0.15, -0.1) is 5.10 Å². The Hall–Kier alpha value is -4.25. The van der Waals surface area contributed by atoms with E-state index in [-0.39, 0.29) is 43.5 Å². The van der Waals surface area contributed by atoms with Crippen LogP contribution in [0.4, 0.5) is 10.7 Å². The summed E-state index contributed by atoms with van der Waals surface area (Å²) in [6.45, 7) is 0.231. The molecule has 2 aliphatic rings. The van der Waals surface area contributed by atoms with Crippen molar-refractivity contribution in [2.24, 2.45) is 0 Å². The summed E-state index contributed by atoms with van der Waals surface area (Å²) < 4.78 is 10.6. The number of benzene rings is 2. The lowest BCUT2D eigenvalue weighted by atomic mass is 9.98. The Labute approximate surface area is 193 Å². The summed E-state index contributed by atoms with van der Waals surface area (Å²) in [4.78, 5) is 40.7. The predicted octanol–water partition coefficient (Wildman–Crippen LogP) is 2.09. The van der Waals surface area contributed by atoms with E-state index in [0.717, 1.165) is 22.3 Å². The molecule has 0 spiro atoms. The van der Waals surface area contributed by atoms with Crippen molar-refractivity contribution in [2.45, 2.75) is 12.0 Å². The normalized spacial score (nSPS) is 14.8. The number of carbonyl (C=O) groups excluding carboxylic acids is 2. The van der Waals surface area contributed by atoms with E-state index in [0.29, 0.717) is 0 Å². The summed E-state index contributed by atoms with van der Waals surface area (Å²) in [6, 6.07) is 16.1. The smallest absolute Gasteiger partial charge is 0.414 e. The Morgan fingerprint density at radius 3 is 2.35 bits per heavy atom. The molecule has 0 radical (unpaired) electrons. The molecule has 3 aromatic rings. The highest BCUT2D eigenvalue weighted by Gasteiger charge is 2.34. The monoisotopic (exact) mass is 463 g/mol. The number of fused-ring (bicyclic) bond motifs is 3. The quantitative estimate of drug-likeness (QED) is 0.483. The number of nitrogens with one attached hydrogen (secondary N) is 2. The van der Waals surface area contributed by atoms with Crippen LogP contribution in [0.25, 0.3) is 11.1 Å². The molecule has 3 N–H and O–H groups in total. The number of H-pyrrole nitrogens is 1. The van der Waals surface area contributed by atoms with Crippen molar-refractivity contribution in [1.29, 1.82) is 0 Å². The number of anilines is 1. The number of hydrogen-bond acceptors (Lipinski definition) is 7. The largest absolute Gasteiger partial charge is 0.480 e. The van der Waals surface area contributed by atoms with Gasteiger partial charge in [-0.05, 0) is 22.3 Å². The fourth-order valence-corrected chi connectivity index (χ4v) is 4.19. The highest BCUT2D eigenvalue weighted by molar-refractivity contribution is 5.92. The first kappa shape index (κ1) is 21.6. The zero-order chi connectivity index (χ0) is 23.7. The maximum Gasteiger partial charge on any atom is 0.414 e. The van der Waals surface area contributed by atoms with Crippen LogP contribution in [-0.4, -0.2) is 75.6 Å². The number of amides is 2. The standard InChI is InChI=1S/C23H21N5O6/c29-19(30)12-33-13-9-28(10-13)21(31)20-24-22(27-26-20)25-23(32)34-11-18-16-7-3-1-5-14(16)15-6-2-4-8-17(15)18/h1-8,13,18H,9-12H2,(H,29,30)(H2,24,25,26,27,32). The number of ether oxygens (including phenoxy) is 2. The van der Waals surface area contributed by atoms with Crippen LogP contribution in [-0.2, 0) is 14.3 Å². The fraction of sp³-hybridized carbons (Fsp3) is 0.261. The molecule has 1 aliphatic heterocycles. The van der Waals surface area contributed by atoms with Gasteiger partial charge in [0, 0.05) is 19.0 Å². The van der Waals surface area contributed by atoms with Crippen molar-refractivity contribution in [3.63, 3.8) is 0 Å². The van der Waals surface area contributed by atoms with Crippen molar-refractivity contribution >= 4 is 23.9 Å². The minimum Gasteiger partial charge on any atom is -0.480 e. The Morgan fingerprint density at radius 1 is 1.06 bits per heavy atom. The zero-order valence-electron chi connectivity index (χ0n) is 17.9. The first-order chi connectivity index (χ1) is 16.5. The molecule has 2 aromatic carbocycles. The van der Waals surface area contributed by atoms with E-state index < -0.39 is 24.6 Å². The lowest BCUT2D eigenvalue weighted by Crippen LogP contribution is -2.55. The number of aromatic nitrogens is 3. The molecule has 174 valence electrons. The number of nitrogens with zero attached hydrogens (tertiary/aromatic N) is 3. The van der Waals surface area contributed by atoms with E-state index >= 15 is 0 Å². The molecular formula is C23H21N5O6. The first-order valence-electron chi connectivity index (χ1n) is 10.7. The summed E-state index contributed by atoms with van der Waals surface area (Å²) in [5, 5.41) is 17.4. The third-order valence-corrected chi connectivity index (χ3v) is 5.82. The van der Waals surface area contributed by atoms with Gasteiger partial charge >= 0.3 is 12.1 Å². The predicted molar refractivity (Wildman–Crippen MR) is 118 cm³/mol. The second kappa shape index (κ2) is 8.94. The maximum absolute atomic E-state index is 12.4. The molecule has 0 unspecified atom stereocenters. The molecule has 1 aliphatic carbocycles. The summed E-state index contributed by atoms with van der Waals surface area (Å²) >= 11 is 0. The number of carboxylic acids is 1. The number of rotatable bonds is 7. The summed E-state index contributed by atoms with van der Waals surface area (Å²) in [7, 11) is 0. The molecule has 2 heterocycles. The molecule has 1 saturated heterocycles. The summed E-state index contributed by atoms with van der Waals surface area (Å²) in [6.07, 6.45) is -1.06. The van der Waals surface area contributed by atoms with Gasteiger partial charge in [0.15, 0.2) is 0 Å².